The lowest BCUT2D eigenvalue weighted by atomic mass is 10.2. The number of thiazole rings is 1. The molecule has 20 heavy (non-hydrogen) atoms. The van der Waals surface area contributed by atoms with E-state index < -0.39 is 15.8 Å². The number of benzene rings is 1. The number of nitrogens with two attached hydrogens (primary N) is 1. The van der Waals surface area contributed by atoms with Gasteiger partial charge in [-0.2, -0.15) is 0 Å². The van der Waals surface area contributed by atoms with Crippen molar-refractivity contribution in [2.75, 3.05) is 0 Å². The number of halogens is 2. The van der Waals surface area contributed by atoms with Gasteiger partial charge in [0.15, 0.2) is 0 Å². The highest BCUT2D eigenvalue weighted by Gasteiger charge is 2.18. The molecule has 0 fully saturated rings. The van der Waals surface area contributed by atoms with Crippen LogP contribution in [0.4, 0.5) is 4.39 Å². The van der Waals surface area contributed by atoms with E-state index in [1.165, 1.54) is 17.4 Å². The fourth-order valence-corrected chi connectivity index (χ4v) is 3.39. The predicted molar refractivity (Wildman–Crippen MR) is 75.4 cm³/mol. The molecule has 0 radical (unpaired) electrons. The fraction of sp³-hybridized carbons (Fsp3) is 0.182. The van der Waals surface area contributed by atoms with Crippen LogP contribution >= 0.6 is 22.9 Å². The molecule has 0 atom stereocenters. The van der Waals surface area contributed by atoms with Crippen LogP contribution in [0.1, 0.15) is 10.6 Å². The van der Waals surface area contributed by atoms with Gasteiger partial charge in [0.1, 0.15) is 10.8 Å². The molecule has 0 aliphatic rings. The van der Waals surface area contributed by atoms with E-state index in [9.17, 15) is 12.8 Å². The van der Waals surface area contributed by atoms with Crippen LogP contribution in [0.15, 0.2) is 28.6 Å². The van der Waals surface area contributed by atoms with E-state index in [-0.39, 0.29) is 28.6 Å². The van der Waals surface area contributed by atoms with Crippen molar-refractivity contribution in [3.8, 4) is 0 Å². The van der Waals surface area contributed by atoms with Crippen LogP contribution in [-0.4, -0.2) is 13.4 Å². The first-order valence-electron chi connectivity index (χ1n) is 5.50. The van der Waals surface area contributed by atoms with Gasteiger partial charge in [0, 0.05) is 18.1 Å². The molecule has 0 saturated heterocycles. The van der Waals surface area contributed by atoms with Crippen molar-refractivity contribution in [3.63, 3.8) is 0 Å². The van der Waals surface area contributed by atoms with Gasteiger partial charge >= 0.3 is 0 Å². The summed E-state index contributed by atoms with van der Waals surface area (Å²) in [5.74, 6) is -0.816. The lowest BCUT2D eigenvalue weighted by molar-refractivity contribution is 0.576. The minimum absolute atomic E-state index is 0.0439. The third kappa shape index (κ3) is 3.33. The Balaban J connectivity index is 2.27. The van der Waals surface area contributed by atoms with Crippen molar-refractivity contribution in [2.45, 2.75) is 18.0 Å². The van der Waals surface area contributed by atoms with Crippen molar-refractivity contribution in [2.24, 2.45) is 5.73 Å². The Kier molecular flexibility index (Phi) is 4.71. The molecule has 0 spiro atoms. The number of nitrogens with zero attached hydrogens (tertiary/aromatic N) is 1. The lowest BCUT2D eigenvalue weighted by Gasteiger charge is -2.09. The van der Waals surface area contributed by atoms with Gasteiger partial charge in [-0.05, 0) is 17.7 Å². The van der Waals surface area contributed by atoms with E-state index in [1.807, 2.05) is 0 Å². The van der Waals surface area contributed by atoms with E-state index in [0.717, 1.165) is 6.07 Å². The molecule has 1 aromatic carbocycles. The average Bonchev–Trinajstić information content (AvgIpc) is 2.92. The molecule has 0 saturated carbocycles. The Bertz CT molecular complexity index is 705. The molecule has 2 aromatic rings. The second kappa shape index (κ2) is 6.15. The molecule has 9 heteroatoms. The van der Waals surface area contributed by atoms with Gasteiger partial charge in [-0.3, -0.25) is 0 Å². The standard InChI is InChI=1S/C11H11ClFN3O2S2/c12-11-7(5-14)3-8(4-9(11)13)20(17,18)16-6-10-15-1-2-19-10/h1-4,16H,5-6,14H2. The molecule has 0 bridgehead atoms. The summed E-state index contributed by atoms with van der Waals surface area (Å²) in [6.07, 6.45) is 1.57. The highest BCUT2D eigenvalue weighted by atomic mass is 35.5. The molecule has 1 aromatic heterocycles. The van der Waals surface area contributed by atoms with Gasteiger partial charge in [-0.15, -0.1) is 11.3 Å². The van der Waals surface area contributed by atoms with Crippen LogP contribution < -0.4 is 10.5 Å². The topological polar surface area (TPSA) is 85.1 Å². The van der Waals surface area contributed by atoms with Crippen LogP contribution in [0.5, 0.6) is 0 Å². The molecular formula is C11H11ClFN3O2S2. The maximum atomic E-state index is 13.6. The quantitative estimate of drug-likeness (QED) is 0.873. The maximum Gasteiger partial charge on any atom is 0.241 e. The Hall–Kier alpha value is -1.06. The molecule has 3 N–H and O–H groups in total. The fourth-order valence-electron chi connectivity index (χ4n) is 1.50. The highest BCUT2D eigenvalue weighted by molar-refractivity contribution is 7.89. The molecule has 108 valence electrons. The zero-order valence-corrected chi connectivity index (χ0v) is 12.5. The van der Waals surface area contributed by atoms with Gasteiger partial charge in [-0.25, -0.2) is 22.5 Å². The zero-order chi connectivity index (χ0) is 14.8. The number of aromatic nitrogens is 1. The summed E-state index contributed by atoms with van der Waals surface area (Å²) in [5, 5.41) is 2.19. The Labute approximate surface area is 124 Å². The van der Waals surface area contributed by atoms with Crippen LogP contribution in [-0.2, 0) is 23.1 Å². The van der Waals surface area contributed by atoms with Crippen molar-refractivity contribution in [1.29, 1.82) is 0 Å². The number of rotatable bonds is 5. The first kappa shape index (κ1) is 15.3. The van der Waals surface area contributed by atoms with Gasteiger partial charge < -0.3 is 5.73 Å². The molecule has 0 aliphatic carbocycles. The predicted octanol–water partition coefficient (Wildman–Crippen LogP) is 1.87. The van der Waals surface area contributed by atoms with Crippen LogP contribution in [0.25, 0.3) is 0 Å². The van der Waals surface area contributed by atoms with Gasteiger partial charge in [0.25, 0.3) is 0 Å². The number of nitrogens with one attached hydrogen (secondary N) is 1. The van der Waals surface area contributed by atoms with E-state index >= 15 is 0 Å². The largest absolute Gasteiger partial charge is 0.326 e. The Morgan fingerprint density at radius 1 is 1.45 bits per heavy atom. The van der Waals surface area contributed by atoms with Crippen LogP contribution in [0.2, 0.25) is 5.02 Å². The zero-order valence-electron chi connectivity index (χ0n) is 10.1. The molecule has 1 heterocycles. The second-order valence-corrected chi connectivity index (χ2v) is 6.96. The minimum Gasteiger partial charge on any atom is -0.326 e. The summed E-state index contributed by atoms with van der Waals surface area (Å²) in [7, 11) is -3.85. The third-order valence-corrected chi connectivity index (χ3v) is 5.09. The third-order valence-electron chi connectivity index (χ3n) is 2.50. The summed E-state index contributed by atoms with van der Waals surface area (Å²) in [5.41, 5.74) is 5.65. The van der Waals surface area contributed by atoms with E-state index in [2.05, 4.69) is 9.71 Å². The summed E-state index contributed by atoms with van der Waals surface area (Å²) >= 11 is 7.01. The number of hydrogen-bond donors (Lipinski definition) is 2. The van der Waals surface area contributed by atoms with Crippen LogP contribution in [0.3, 0.4) is 0 Å². The van der Waals surface area contributed by atoms with E-state index in [0.29, 0.717) is 5.01 Å². The summed E-state index contributed by atoms with van der Waals surface area (Å²) in [4.78, 5) is 3.74. The Morgan fingerprint density at radius 3 is 2.80 bits per heavy atom. The van der Waals surface area contributed by atoms with Gasteiger partial charge in [0.2, 0.25) is 10.0 Å². The summed E-state index contributed by atoms with van der Waals surface area (Å²) in [6, 6.07) is 2.13. The summed E-state index contributed by atoms with van der Waals surface area (Å²) in [6.45, 7) is -0.00615. The second-order valence-electron chi connectivity index (χ2n) is 3.83. The first-order chi connectivity index (χ1) is 9.44. The van der Waals surface area contributed by atoms with Crippen molar-refractivity contribution < 1.29 is 12.8 Å². The van der Waals surface area contributed by atoms with Crippen molar-refractivity contribution in [1.82, 2.24) is 9.71 Å². The monoisotopic (exact) mass is 335 g/mol. The SMILES string of the molecule is NCc1cc(S(=O)(=O)NCc2nccs2)cc(F)c1Cl. The minimum atomic E-state index is -3.85. The molecule has 2 rings (SSSR count). The number of hydrogen-bond acceptors (Lipinski definition) is 5. The molecule has 0 amide bonds. The molecule has 5 nitrogen and oxygen atoms in total. The molecule has 0 aliphatic heterocycles. The first-order valence-corrected chi connectivity index (χ1v) is 8.24. The Morgan fingerprint density at radius 2 is 2.20 bits per heavy atom. The van der Waals surface area contributed by atoms with Crippen molar-refractivity contribution >= 4 is 33.0 Å². The van der Waals surface area contributed by atoms with Crippen molar-refractivity contribution in [3.05, 3.63) is 45.1 Å². The summed E-state index contributed by atoms with van der Waals surface area (Å²) < 4.78 is 40.1. The molecular weight excluding hydrogens is 325 g/mol. The smallest absolute Gasteiger partial charge is 0.241 e. The van der Waals surface area contributed by atoms with Gasteiger partial charge in [-0.1, -0.05) is 11.6 Å². The van der Waals surface area contributed by atoms with E-state index in [1.54, 1.807) is 11.6 Å². The van der Waals surface area contributed by atoms with E-state index in [4.69, 9.17) is 17.3 Å². The normalized spacial score (nSPS) is 11.8. The van der Waals surface area contributed by atoms with Gasteiger partial charge in [0.05, 0.1) is 16.5 Å². The lowest BCUT2D eigenvalue weighted by Crippen LogP contribution is -2.23. The van der Waals surface area contributed by atoms with Crippen LogP contribution in [0, 0.1) is 5.82 Å². The maximum absolute atomic E-state index is 13.6. The number of sulfonamides is 1. The molecule has 0 unspecified atom stereocenters. The average molecular weight is 336 g/mol. The highest BCUT2D eigenvalue weighted by Crippen LogP contribution is 2.24.